The molecule has 0 unspecified atom stereocenters. The Labute approximate surface area is 127 Å². The van der Waals surface area contributed by atoms with Crippen molar-refractivity contribution in [1.29, 1.82) is 0 Å². The van der Waals surface area contributed by atoms with Crippen LogP contribution >= 0.6 is 0 Å². The molecule has 3 heteroatoms. The van der Waals surface area contributed by atoms with E-state index in [1.54, 1.807) is 13.8 Å². The lowest BCUT2D eigenvalue weighted by Gasteiger charge is -2.36. The second-order valence-corrected chi connectivity index (χ2v) is 8.29. The van der Waals surface area contributed by atoms with Crippen LogP contribution in [0.1, 0.15) is 76.9 Å². The smallest absolute Gasteiger partial charge is 0.345 e. The van der Waals surface area contributed by atoms with E-state index < -0.39 is 5.79 Å². The van der Waals surface area contributed by atoms with Crippen LogP contribution in [-0.2, 0) is 15.6 Å². The molecule has 0 saturated carbocycles. The highest BCUT2D eigenvalue weighted by molar-refractivity contribution is 5.94. The van der Waals surface area contributed by atoms with Crippen LogP contribution in [0.3, 0.4) is 0 Å². The Bertz CT molecular complexity index is 584. The summed E-state index contributed by atoms with van der Waals surface area (Å²) in [6, 6.07) is 4.07. The van der Waals surface area contributed by atoms with Crippen molar-refractivity contribution in [1.82, 2.24) is 0 Å². The molecule has 1 aromatic rings. The fraction of sp³-hybridized carbons (Fsp3) is 0.611. The van der Waals surface area contributed by atoms with Crippen molar-refractivity contribution >= 4 is 5.97 Å². The van der Waals surface area contributed by atoms with Crippen LogP contribution in [0.5, 0.6) is 5.75 Å². The number of cyclic esters (lactones) is 1. The maximum absolute atomic E-state index is 12.4. The minimum atomic E-state index is -0.923. The Morgan fingerprint density at radius 3 is 1.95 bits per heavy atom. The molecule has 0 aromatic heterocycles. The number of carbonyl (C=O) groups is 1. The van der Waals surface area contributed by atoms with Gasteiger partial charge in [0.05, 0.1) is 0 Å². The summed E-state index contributed by atoms with van der Waals surface area (Å²) < 4.78 is 11.3. The van der Waals surface area contributed by atoms with Crippen LogP contribution in [0.2, 0.25) is 0 Å². The van der Waals surface area contributed by atoms with Crippen molar-refractivity contribution in [3.05, 3.63) is 28.8 Å². The third-order valence-electron chi connectivity index (χ3n) is 3.67. The standard InChI is InChI=1S/C18H26O3/c1-16(2,3)11-9-12-14(13(10-11)17(4,5)6)20-18(7,8)21-15(12)19/h9-10H,1-8H3. The first-order valence-electron chi connectivity index (χ1n) is 7.43. The van der Waals surface area contributed by atoms with Crippen LogP contribution in [0.4, 0.5) is 0 Å². The summed E-state index contributed by atoms with van der Waals surface area (Å²) in [6.07, 6.45) is 0. The zero-order chi connectivity index (χ0) is 16.2. The molecule has 0 fully saturated rings. The lowest BCUT2D eigenvalue weighted by atomic mass is 9.78. The van der Waals surface area contributed by atoms with Crippen molar-refractivity contribution in [3.63, 3.8) is 0 Å². The summed E-state index contributed by atoms with van der Waals surface area (Å²) in [5.74, 6) is -0.567. The molecule has 0 N–H and O–H groups in total. The van der Waals surface area contributed by atoms with Crippen LogP contribution in [-0.4, -0.2) is 11.8 Å². The van der Waals surface area contributed by atoms with E-state index in [0.717, 1.165) is 11.1 Å². The van der Waals surface area contributed by atoms with Gasteiger partial charge in [0.15, 0.2) is 0 Å². The third kappa shape index (κ3) is 3.07. The Kier molecular flexibility index (Phi) is 3.39. The predicted molar refractivity (Wildman–Crippen MR) is 84.0 cm³/mol. The van der Waals surface area contributed by atoms with Crippen molar-refractivity contribution in [2.45, 2.75) is 72.0 Å². The fourth-order valence-electron chi connectivity index (χ4n) is 2.43. The topological polar surface area (TPSA) is 35.5 Å². The summed E-state index contributed by atoms with van der Waals surface area (Å²) in [5, 5.41) is 0. The van der Waals surface area contributed by atoms with Gasteiger partial charge in [-0.15, -0.1) is 0 Å². The number of hydrogen-bond donors (Lipinski definition) is 0. The first kappa shape index (κ1) is 15.9. The lowest BCUT2D eigenvalue weighted by molar-refractivity contribution is -0.128. The molecule has 1 heterocycles. The first-order chi connectivity index (χ1) is 9.31. The molecule has 0 radical (unpaired) electrons. The molecule has 2 rings (SSSR count). The summed E-state index contributed by atoms with van der Waals surface area (Å²) in [4.78, 5) is 12.4. The van der Waals surface area contributed by atoms with E-state index in [0.29, 0.717) is 11.3 Å². The number of esters is 1. The number of carbonyl (C=O) groups excluding carboxylic acids is 1. The summed E-state index contributed by atoms with van der Waals surface area (Å²) in [7, 11) is 0. The van der Waals surface area contributed by atoms with Crippen molar-refractivity contribution in [2.75, 3.05) is 0 Å². The Balaban J connectivity index is 2.75. The van der Waals surface area contributed by atoms with Gasteiger partial charge >= 0.3 is 5.97 Å². The van der Waals surface area contributed by atoms with E-state index in [4.69, 9.17) is 9.47 Å². The van der Waals surface area contributed by atoms with E-state index >= 15 is 0 Å². The number of benzene rings is 1. The summed E-state index contributed by atoms with van der Waals surface area (Å²) >= 11 is 0. The van der Waals surface area contributed by atoms with Gasteiger partial charge in [-0.1, -0.05) is 47.6 Å². The normalized spacial score (nSPS) is 17.8. The van der Waals surface area contributed by atoms with Gasteiger partial charge in [-0.05, 0) is 22.5 Å². The molecule has 0 atom stereocenters. The molecule has 3 nitrogen and oxygen atoms in total. The van der Waals surface area contributed by atoms with Gasteiger partial charge in [-0.3, -0.25) is 0 Å². The number of fused-ring (bicyclic) bond motifs is 1. The van der Waals surface area contributed by atoms with Crippen LogP contribution in [0.15, 0.2) is 12.1 Å². The van der Waals surface area contributed by atoms with Crippen molar-refractivity contribution in [3.8, 4) is 5.75 Å². The molecule has 116 valence electrons. The van der Waals surface area contributed by atoms with Crippen molar-refractivity contribution in [2.24, 2.45) is 0 Å². The molecule has 1 aliphatic rings. The number of rotatable bonds is 0. The van der Waals surface area contributed by atoms with E-state index in [1.807, 2.05) is 6.07 Å². The van der Waals surface area contributed by atoms with Gasteiger partial charge in [-0.25, -0.2) is 4.79 Å². The maximum Gasteiger partial charge on any atom is 0.345 e. The highest BCUT2D eigenvalue weighted by Gasteiger charge is 2.38. The quantitative estimate of drug-likeness (QED) is 0.657. The molecule has 0 saturated heterocycles. The SMILES string of the molecule is CC1(C)OC(=O)c2cc(C(C)(C)C)cc(C(C)(C)C)c2O1. The van der Waals surface area contributed by atoms with Gasteiger partial charge < -0.3 is 9.47 Å². The zero-order valence-corrected chi connectivity index (χ0v) is 14.4. The fourth-order valence-corrected chi connectivity index (χ4v) is 2.43. The summed E-state index contributed by atoms with van der Waals surface area (Å²) in [5.41, 5.74) is 2.55. The molecular formula is C18H26O3. The second kappa shape index (κ2) is 4.49. The van der Waals surface area contributed by atoms with E-state index in [9.17, 15) is 4.79 Å². The van der Waals surface area contributed by atoms with Gasteiger partial charge in [0.25, 0.3) is 0 Å². The molecule has 1 aromatic carbocycles. The Hall–Kier alpha value is -1.51. The first-order valence-corrected chi connectivity index (χ1v) is 7.43. The minimum absolute atomic E-state index is 0.0394. The molecule has 0 spiro atoms. The average Bonchev–Trinajstić information content (AvgIpc) is 2.23. The Morgan fingerprint density at radius 1 is 0.905 bits per heavy atom. The molecule has 1 aliphatic heterocycles. The number of ether oxygens (including phenoxy) is 2. The van der Waals surface area contributed by atoms with Crippen LogP contribution < -0.4 is 4.74 Å². The maximum atomic E-state index is 12.4. The second-order valence-electron chi connectivity index (χ2n) is 8.29. The van der Waals surface area contributed by atoms with Gasteiger partial charge in [0, 0.05) is 19.4 Å². The van der Waals surface area contributed by atoms with Gasteiger partial charge in [0.2, 0.25) is 5.79 Å². The molecule has 0 aliphatic carbocycles. The van der Waals surface area contributed by atoms with E-state index in [1.165, 1.54) is 0 Å². The largest absolute Gasteiger partial charge is 0.452 e. The highest BCUT2D eigenvalue weighted by Crippen LogP contribution is 2.42. The van der Waals surface area contributed by atoms with E-state index in [2.05, 4.69) is 47.6 Å². The molecule has 0 amide bonds. The predicted octanol–water partition coefficient (Wildman–Crippen LogP) is 4.57. The average molecular weight is 290 g/mol. The monoisotopic (exact) mass is 290 g/mol. The third-order valence-corrected chi connectivity index (χ3v) is 3.67. The van der Waals surface area contributed by atoms with Crippen LogP contribution in [0, 0.1) is 0 Å². The highest BCUT2D eigenvalue weighted by atomic mass is 16.7. The van der Waals surface area contributed by atoms with Crippen molar-refractivity contribution < 1.29 is 14.3 Å². The van der Waals surface area contributed by atoms with Gasteiger partial charge in [-0.2, -0.15) is 0 Å². The summed E-state index contributed by atoms with van der Waals surface area (Å²) in [6.45, 7) is 16.3. The zero-order valence-electron chi connectivity index (χ0n) is 14.4. The molecule has 0 bridgehead atoms. The molecule has 21 heavy (non-hydrogen) atoms. The lowest BCUT2D eigenvalue weighted by Crippen LogP contribution is -2.40. The Morgan fingerprint density at radius 2 is 1.48 bits per heavy atom. The van der Waals surface area contributed by atoms with Crippen LogP contribution in [0.25, 0.3) is 0 Å². The molecular weight excluding hydrogens is 264 g/mol. The van der Waals surface area contributed by atoms with E-state index in [-0.39, 0.29) is 16.8 Å². The van der Waals surface area contributed by atoms with Gasteiger partial charge in [0.1, 0.15) is 11.3 Å². The minimum Gasteiger partial charge on any atom is -0.452 e. The number of hydrogen-bond acceptors (Lipinski definition) is 3.